The lowest BCUT2D eigenvalue weighted by molar-refractivity contribution is 0.687. The van der Waals surface area contributed by atoms with Crippen LogP contribution in [0.5, 0.6) is 0 Å². The fourth-order valence-corrected chi connectivity index (χ4v) is 1.76. The summed E-state index contributed by atoms with van der Waals surface area (Å²) in [6.45, 7) is 0. The zero-order valence-electron chi connectivity index (χ0n) is 7.73. The quantitative estimate of drug-likeness (QED) is 0.814. The predicted octanol–water partition coefficient (Wildman–Crippen LogP) is 1.81. The number of nitrogens with zero attached hydrogens (tertiary/aromatic N) is 1. The Balaban J connectivity index is 2.36. The largest absolute Gasteiger partial charge is 0.345 e. The van der Waals surface area contributed by atoms with Gasteiger partial charge in [-0.05, 0) is 17.7 Å². The summed E-state index contributed by atoms with van der Waals surface area (Å²) in [6.07, 6.45) is 5.07. The number of hydrogen-bond donors (Lipinski definition) is 1. The first-order chi connectivity index (χ1) is 6.77. The molecule has 0 saturated heterocycles. The number of benzene rings is 1. The molecule has 14 heavy (non-hydrogen) atoms. The SMILES string of the molecule is C[S@](=O)c1ccc(-c2cnc[nH]2)cc1. The van der Waals surface area contributed by atoms with Gasteiger partial charge in [0.1, 0.15) is 0 Å². The van der Waals surface area contributed by atoms with Crippen molar-refractivity contribution in [3.05, 3.63) is 36.8 Å². The highest BCUT2D eigenvalue weighted by molar-refractivity contribution is 7.84. The maximum absolute atomic E-state index is 11.1. The second-order valence-corrected chi connectivity index (χ2v) is 4.32. The van der Waals surface area contributed by atoms with Crippen LogP contribution >= 0.6 is 0 Å². The van der Waals surface area contributed by atoms with Crippen molar-refractivity contribution >= 4 is 10.8 Å². The molecule has 4 heteroatoms. The first-order valence-corrected chi connectivity index (χ1v) is 5.75. The maximum atomic E-state index is 11.1. The van der Waals surface area contributed by atoms with E-state index in [0.717, 1.165) is 16.2 Å². The van der Waals surface area contributed by atoms with Crippen LogP contribution in [-0.2, 0) is 10.8 Å². The van der Waals surface area contributed by atoms with Crippen LogP contribution in [0.2, 0.25) is 0 Å². The van der Waals surface area contributed by atoms with Crippen LogP contribution in [0.15, 0.2) is 41.7 Å². The van der Waals surface area contributed by atoms with E-state index in [-0.39, 0.29) is 0 Å². The number of H-pyrrole nitrogens is 1. The van der Waals surface area contributed by atoms with Crippen LogP contribution in [0.1, 0.15) is 0 Å². The fourth-order valence-electron chi connectivity index (χ4n) is 1.24. The molecule has 1 aromatic carbocycles. The molecule has 2 rings (SSSR count). The van der Waals surface area contributed by atoms with E-state index < -0.39 is 10.8 Å². The Hall–Kier alpha value is -1.42. The van der Waals surface area contributed by atoms with Gasteiger partial charge in [-0.3, -0.25) is 4.21 Å². The number of imidazole rings is 1. The van der Waals surface area contributed by atoms with Gasteiger partial charge in [-0.1, -0.05) is 12.1 Å². The zero-order valence-corrected chi connectivity index (χ0v) is 8.54. The zero-order chi connectivity index (χ0) is 9.97. The van der Waals surface area contributed by atoms with Gasteiger partial charge >= 0.3 is 0 Å². The fraction of sp³-hybridized carbons (Fsp3) is 0.100. The monoisotopic (exact) mass is 206 g/mol. The Morgan fingerprint density at radius 3 is 2.50 bits per heavy atom. The molecule has 1 N–H and O–H groups in total. The number of nitrogens with one attached hydrogen (secondary N) is 1. The van der Waals surface area contributed by atoms with Gasteiger partial charge in [0.2, 0.25) is 0 Å². The minimum absolute atomic E-state index is 0.841. The van der Waals surface area contributed by atoms with Crippen molar-refractivity contribution in [2.24, 2.45) is 0 Å². The Labute approximate surface area is 84.7 Å². The van der Waals surface area contributed by atoms with Crippen LogP contribution in [-0.4, -0.2) is 20.4 Å². The first kappa shape index (κ1) is 9.15. The molecule has 0 unspecified atom stereocenters. The average Bonchev–Trinajstić information content (AvgIpc) is 2.71. The maximum Gasteiger partial charge on any atom is 0.0924 e. The van der Waals surface area contributed by atoms with Crippen LogP contribution in [0.25, 0.3) is 11.3 Å². The van der Waals surface area contributed by atoms with Gasteiger partial charge in [0.05, 0.1) is 18.2 Å². The number of hydrogen-bond acceptors (Lipinski definition) is 2. The van der Waals surface area contributed by atoms with E-state index in [1.54, 1.807) is 18.8 Å². The van der Waals surface area contributed by atoms with E-state index in [2.05, 4.69) is 9.97 Å². The van der Waals surface area contributed by atoms with E-state index in [0.29, 0.717) is 0 Å². The summed E-state index contributed by atoms with van der Waals surface area (Å²) in [7, 11) is -0.910. The Morgan fingerprint density at radius 2 is 2.00 bits per heavy atom. The van der Waals surface area contributed by atoms with E-state index in [1.807, 2.05) is 24.3 Å². The van der Waals surface area contributed by atoms with Crippen LogP contribution in [0.4, 0.5) is 0 Å². The van der Waals surface area contributed by atoms with Gasteiger partial charge in [-0.25, -0.2) is 4.98 Å². The third-order valence-corrected chi connectivity index (χ3v) is 2.93. The molecule has 0 amide bonds. The van der Waals surface area contributed by atoms with Crippen molar-refractivity contribution in [3.8, 4) is 11.3 Å². The summed E-state index contributed by atoms with van der Waals surface area (Å²) in [6, 6.07) is 7.60. The molecular weight excluding hydrogens is 196 g/mol. The van der Waals surface area contributed by atoms with Crippen LogP contribution in [0.3, 0.4) is 0 Å². The van der Waals surface area contributed by atoms with Gasteiger partial charge < -0.3 is 4.98 Å². The minimum Gasteiger partial charge on any atom is -0.345 e. The summed E-state index contributed by atoms with van der Waals surface area (Å²) in [5, 5.41) is 0. The molecule has 0 aliphatic carbocycles. The topological polar surface area (TPSA) is 45.8 Å². The molecule has 0 saturated carbocycles. The molecule has 2 aromatic rings. The smallest absolute Gasteiger partial charge is 0.0924 e. The molecule has 72 valence electrons. The highest BCUT2D eigenvalue weighted by atomic mass is 32.2. The van der Waals surface area contributed by atoms with Gasteiger partial charge in [-0.2, -0.15) is 0 Å². The normalized spacial score (nSPS) is 12.6. The third kappa shape index (κ3) is 1.75. The molecule has 1 aromatic heterocycles. The molecule has 1 heterocycles. The second kappa shape index (κ2) is 3.75. The van der Waals surface area contributed by atoms with E-state index in [4.69, 9.17) is 0 Å². The lowest BCUT2D eigenvalue weighted by Crippen LogP contribution is -1.86. The van der Waals surface area contributed by atoms with Crippen molar-refractivity contribution in [3.63, 3.8) is 0 Å². The number of rotatable bonds is 2. The van der Waals surface area contributed by atoms with Gasteiger partial charge in [-0.15, -0.1) is 0 Å². The Kier molecular flexibility index (Phi) is 2.45. The Morgan fingerprint density at radius 1 is 1.29 bits per heavy atom. The minimum atomic E-state index is -0.910. The van der Waals surface area contributed by atoms with Crippen LogP contribution in [0, 0.1) is 0 Å². The van der Waals surface area contributed by atoms with Crippen molar-refractivity contribution in [1.82, 2.24) is 9.97 Å². The van der Waals surface area contributed by atoms with Gasteiger partial charge in [0.15, 0.2) is 0 Å². The molecule has 0 aliphatic rings. The summed E-state index contributed by atoms with van der Waals surface area (Å²) in [4.78, 5) is 7.80. The molecule has 3 nitrogen and oxygen atoms in total. The standard InChI is InChI=1S/C10H10N2OS/c1-14(13)9-4-2-8(3-5-9)10-6-11-7-12-10/h2-7H,1H3,(H,11,12)/t14-/m0/s1. The molecule has 0 aliphatic heterocycles. The summed E-state index contributed by atoms with van der Waals surface area (Å²) in [5.41, 5.74) is 2.02. The van der Waals surface area contributed by atoms with Crippen molar-refractivity contribution in [1.29, 1.82) is 0 Å². The molecule has 0 bridgehead atoms. The molecular formula is C10H10N2OS. The molecule has 0 radical (unpaired) electrons. The van der Waals surface area contributed by atoms with Crippen molar-refractivity contribution in [2.45, 2.75) is 4.90 Å². The van der Waals surface area contributed by atoms with Crippen molar-refractivity contribution in [2.75, 3.05) is 6.26 Å². The van der Waals surface area contributed by atoms with E-state index >= 15 is 0 Å². The first-order valence-electron chi connectivity index (χ1n) is 4.19. The third-order valence-electron chi connectivity index (χ3n) is 2.00. The van der Waals surface area contributed by atoms with Gasteiger partial charge in [0.25, 0.3) is 0 Å². The van der Waals surface area contributed by atoms with Crippen molar-refractivity contribution < 1.29 is 4.21 Å². The van der Waals surface area contributed by atoms with E-state index in [1.165, 1.54) is 0 Å². The van der Waals surface area contributed by atoms with Crippen LogP contribution < -0.4 is 0 Å². The summed E-state index contributed by atoms with van der Waals surface area (Å²) >= 11 is 0. The number of aromatic nitrogens is 2. The average molecular weight is 206 g/mol. The molecule has 0 spiro atoms. The highest BCUT2D eigenvalue weighted by Gasteiger charge is 2.00. The Bertz CT molecular complexity index is 434. The lowest BCUT2D eigenvalue weighted by atomic mass is 10.2. The van der Waals surface area contributed by atoms with Gasteiger partial charge in [0, 0.05) is 22.0 Å². The highest BCUT2D eigenvalue weighted by Crippen LogP contribution is 2.17. The predicted molar refractivity (Wildman–Crippen MR) is 56.4 cm³/mol. The molecule has 1 atom stereocenters. The van der Waals surface area contributed by atoms with E-state index in [9.17, 15) is 4.21 Å². The molecule has 0 fully saturated rings. The number of aromatic amines is 1. The summed E-state index contributed by atoms with van der Waals surface area (Å²) < 4.78 is 11.1. The summed E-state index contributed by atoms with van der Waals surface area (Å²) in [5.74, 6) is 0. The second-order valence-electron chi connectivity index (χ2n) is 2.94. The lowest BCUT2D eigenvalue weighted by Gasteiger charge is -1.99.